The average molecular weight is 244 g/mol. The molecule has 1 nitrogen and oxygen atoms in total. The molecular weight excluding hydrogens is 229 g/mol. The van der Waals surface area contributed by atoms with Crippen LogP contribution in [0.1, 0.15) is 0 Å². The van der Waals surface area contributed by atoms with Gasteiger partial charge < -0.3 is 4.43 Å². The average Bonchev–Trinajstić information content (AvgIpc) is 2.04. The molecule has 0 saturated carbocycles. The van der Waals surface area contributed by atoms with E-state index in [1.807, 2.05) is 0 Å². The summed E-state index contributed by atoms with van der Waals surface area (Å²) in [4.78, 5) is 0. The lowest BCUT2D eigenvalue weighted by molar-refractivity contribution is 0.0596. The van der Waals surface area contributed by atoms with Crippen LogP contribution in [0.4, 0.5) is 13.2 Å². The first-order valence-corrected chi connectivity index (χ1v) is 14.4. The third-order valence-corrected chi connectivity index (χ3v) is 27.2. The van der Waals surface area contributed by atoms with Gasteiger partial charge in [-0.05, 0) is 12.1 Å². The Hall–Kier alpha value is 0.401. The lowest BCUT2D eigenvalue weighted by Crippen LogP contribution is -2.49. The van der Waals surface area contributed by atoms with Crippen LogP contribution in [0.25, 0.3) is 0 Å². The molecule has 1 aliphatic heterocycles. The Morgan fingerprint density at radius 2 is 2.15 bits per heavy atom. The Kier molecular flexibility index (Phi) is 4.20. The molecule has 0 N–H and O–H groups in total. The summed E-state index contributed by atoms with van der Waals surface area (Å²) in [5, 5.41) is 0. The number of halogens is 3. The first-order chi connectivity index (χ1) is 6.03. The summed E-state index contributed by atoms with van der Waals surface area (Å²) in [7, 11) is -2.18. The maximum absolute atomic E-state index is 12.8. The van der Waals surface area contributed by atoms with Crippen molar-refractivity contribution in [3.05, 3.63) is 0 Å². The van der Waals surface area contributed by atoms with Crippen LogP contribution in [0.2, 0.25) is 18.6 Å². The zero-order chi connectivity index (χ0) is 9.90. The molecule has 0 spiro atoms. The third-order valence-electron chi connectivity index (χ3n) is 2.66. The summed E-state index contributed by atoms with van der Waals surface area (Å²) in [6.07, 6.45) is -4.64. The van der Waals surface area contributed by atoms with Gasteiger partial charge in [0.15, 0.2) is 6.17 Å². The highest BCUT2D eigenvalue weighted by molar-refractivity contribution is 7.42. The molecule has 7 heteroatoms. The van der Waals surface area contributed by atoms with Crippen LogP contribution in [-0.2, 0) is 4.43 Å². The predicted molar refractivity (Wildman–Crippen MR) is 55.2 cm³/mol. The van der Waals surface area contributed by atoms with Crippen LogP contribution in [0.5, 0.6) is 0 Å². The quantitative estimate of drug-likeness (QED) is 0.652. The summed E-state index contributed by atoms with van der Waals surface area (Å²) in [6.45, 7) is 2.81. The van der Waals surface area contributed by atoms with E-state index in [2.05, 4.69) is 6.55 Å². The Labute approximate surface area is 81.4 Å². The van der Waals surface area contributed by atoms with Crippen LogP contribution in [0, 0.1) is 0 Å². The Balaban J connectivity index is 2.40. The molecule has 0 amide bonds. The smallest absolute Gasteiger partial charge is 0.269 e. The molecule has 1 saturated heterocycles. The van der Waals surface area contributed by atoms with Gasteiger partial charge in [-0.3, -0.25) is 0 Å². The van der Waals surface area contributed by atoms with E-state index in [9.17, 15) is 13.2 Å². The van der Waals surface area contributed by atoms with Gasteiger partial charge in [-0.15, -0.1) is 0 Å². The van der Waals surface area contributed by atoms with E-state index < -0.39 is 20.2 Å². The molecule has 1 heterocycles. The third kappa shape index (κ3) is 3.56. The molecule has 1 fully saturated rings. The maximum atomic E-state index is 12.8. The molecule has 78 valence electrons. The van der Waals surface area contributed by atoms with E-state index in [1.165, 1.54) is 0 Å². The molecular formula is C6H15F3OSi3. The SMILES string of the molecule is C[Si]1(CC(F)C(F)F)CCO[SiH2][SiH2]1. The molecule has 2 unspecified atom stereocenters. The minimum Gasteiger partial charge on any atom is -0.428 e. The Morgan fingerprint density at radius 3 is 2.62 bits per heavy atom. The van der Waals surface area contributed by atoms with E-state index in [-0.39, 0.29) is 23.9 Å². The lowest BCUT2D eigenvalue weighted by Gasteiger charge is -2.31. The fourth-order valence-corrected chi connectivity index (χ4v) is 20.3. The van der Waals surface area contributed by atoms with Crippen LogP contribution >= 0.6 is 0 Å². The van der Waals surface area contributed by atoms with E-state index in [4.69, 9.17) is 4.43 Å². The van der Waals surface area contributed by atoms with Crippen molar-refractivity contribution in [2.24, 2.45) is 0 Å². The zero-order valence-electron chi connectivity index (χ0n) is 7.73. The number of hydrogen-bond donors (Lipinski definition) is 0. The van der Waals surface area contributed by atoms with Gasteiger partial charge in [-0.25, -0.2) is 13.2 Å². The summed E-state index contributed by atoms with van der Waals surface area (Å²) in [6, 6.07) is 1.10. The van der Waals surface area contributed by atoms with Crippen molar-refractivity contribution < 1.29 is 17.6 Å². The second-order valence-corrected chi connectivity index (χ2v) is 22.2. The van der Waals surface area contributed by atoms with Crippen molar-refractivity contribution in [1.82, 2.24) is 0 Å². The highest BCUT2D eigenvalue weighted by atomic mass is 29.6. The second kappa shape index (κ2) is 4.76. The van der Waals surface area contributed by atoms with Crippen molar-refractivity contribution in [2.75, 3.05) is 6.61 Å². The number of hydrogen-bond acceptors (Lipinski definition) is 1. The van der Waals surface area contributed by atoms with Gasteiger partial charge in [-0.2, -0.15) is 0 Å². The van der Waals surface area contributed by atoms with E-state index in [0.29, 0.717) is 0 Å². The maximum Gasteiger partial charge on any atom is 0.269 e. The van der Waals surface area contributed by atoms with Crippen LogP contribution in [0.3, 0.4) is 0 Å². The molecule has 13 heavy (non-hydrogen) atoms. The van der Waals surface area contributed by atoms with E-state index in [0.717, 1.165) is 12.7 Å². The first kappa shape index (κ1) is 11.5. The molecule has 1 rings (SSSR count). The minimum absolute atomic E-state index is 0.188. The van der Waals surface area contributed by atoms with E-state index in [1.54, 1.807) is 0 Å². The number of rotatable bonds is 3. The van der Waals surface area contributed by atoms with Gasteiger partial charge in [0, 0.05) is 22.8 Å². The molecule has 2 atom stereocenters. The molecule has 0 bridgehead atoms. The molecule has 0 radical (unpaired) electrons. The molecule has 1 aliphatic rings. The Bertz CT molecular complexity index is 163. The lowest BCUT2D eigenvalue weighted by atomic mass is 10.5. The van der Waals surface area contributed by atoms with Crippen LogP contribution in [0.15, 0.2) is 0 Å². The fraction of sp³-hybridized carbons (Fsp3) is 1.00. The second-order valence-electron chi connectivity index (χ2n) is 3.98. The van der Waals surface area contributed by atoms with Crippen molar-refractivity contribution in [3.8, 4) is 0 Å². The van der Waals surface area contributed by atoms with Crippen molar-refractivity contribution in [2.45, 2.75) is 31.2 Å². The highest BCUT2D eigenvalue weighted by Gasteiger charge is 2.36. The first-order valence-electron chi connectivity index (χ1n) is 4.53. The fourth-order valence-electron chi connectivity index (χ4n) is 1.63. The summed E-state index contributed by atoms with van der Waals surface area (Å²) >= 11 is 0. The molecule has 0 aromatic heterocycles. The van der Waals surface area contributed by atoms with Gasteiger partial charge in [0.1, 0.15) is 9.28 Å². The topological polar surface area (TPSA) is 9.23 Å². The molecule has 0 aromatic carbocycles. The predicted octanol–water partition coefficient (Wildman–Crippen LogP) is 0.363. The number of alkyl halides is 3. The molecule has 0 aromatic rings. The monoisotopic (exact) mass is 244 g/mol. The van der Waals surface area contributed by atoms with Crippen molar-refractivity contribution in [3.63, 3.8) is 0 Å². The van der Waals surface area contributed by atoms with Gasteiger partial charge in [0.25, 0.3) is 6.43 Å². The highest BCUT2D eigenvalue weighted by Crippen LogP contribution is 2.23. The normalized spacial score (nSPS) is 35.8. The Morgan fingerprint density at radius 1 is 1.46 bits per heavy atom. The summed E-state index contributed by atoms with van der Waals surface area (Å²) in [5.41, 5.74) is 0. The largest absolute Gasteiger partial charge is 0.428 e. The molecule has 0 aliphatic carbocycles. The van der Waals surface area contributed by atoms with Gasteiger partial charge in [-0.1, -0.05) is 6.55 Å². The standard InChI is InChI=1S/C6H15F3OSi3/c1-13(3-2-10-11-12-13)4-5(7)6(8)9/h5-6H,2-4,11-12H2,1H3. The van der Waals surface area contributed by atoms with Gasteiger partial charge >= 0.3 is 0 Å². The van der Waals surface area contributed by atoms with Crippen LogP contribution < -0.4 is 0 Å². The van der Waals surface area contributed by atoms with Crippen LogP contribution in [-0.4, -0.2) is 44.6 Å². The zero-order valence-corrected chi connectivity index (χ0v) is 11.6. The summed E-state index contributed by atoms with van der Waals surface area (Å²) < 4.78 is 42.2. The van der Waals surface area contributed by atoms with Gasteiger partial charge in [0.2, 0.25) is 0 Å². The summed E-state index contributed by atoms with van der Waals surface area (Å²) in [5.74, 6) is 0. The van der Waals surface area contributed by atoms with E-state index >= 15 is 0 Å². The van der Waals surface area contributed by atoms with Crippen molar-refractivity contribution in [1.29, 1.82) is 0 Å². The van der Waals surface area contributed by atoms with Gasteiger partial charge in [0.05, 0.1) is 0 Å². The minimum atomic E-state index is -2.78. The van der Waals surface area contributed by atoms with Crippen molar-refractivity contribution >= 4 is 25.4 Å².